The quantitative estimate of drug-likeness (QED) is 0.854. The first-order valence-corrected chi connectivity index (χ1v) is 6.53. The number of hydrogen-bond donors (Lipinski definition) is 1. The van der Waals surface area contributed by atoms with Crippen LogP contribution in [0.4, 0.5) is 0 Å². The van der Waals surface area contributed by atoms with Gasteiger partial charge in [-0.2, -0.15) is 5.26 Å². The zero-order valence-corrected chi connectivity index (χ0v) is 11.5. The van der Waals surface area contributed by atoms with Gasteiger partial charge in [-0.15, -0.1) is 0 Å². The first kappa shape index (κ1) is 13.7. The Morgan fingerprint density at radius 1 is 1.47 bits per heavy atom. The molecule has 1 fully saturated rings. The molecule has 4 heteroatoms. The zero-order valence-electron chi connectivity index (χ0n) is 11.5. The highest BCUT2D eigenvalue weighted by Crippen LogP contribution is 2.49. The highest BCUT2D eigenvalue weighted by molar-refractivity contribution is 5.42. The van der Waals surface area contributed by atoms with E-state index < -0.39 is 0 Å². The molecule has 0 spiro atoms. The molecule has 0 bridgehead atoms. The molecule has 1 atom stereocenters. The molecule has 0 unspecified atom stereocenters. The highest BCUT2D eigenvalue weighted by Gasteiger charge is 2.43. The fourth-order valence-corrected chi connectivity index (χ4v) is 2.09. The van der Waals surface area contributed by atoms with Gasteiger partial charge in [0, 0.05) is 29.5 Å². The Labute approximate surface area is 114 Å². The van der Waals surface area contributed by atoms with Crippen molar-refractivity contribution < 1.29 is 9.47 Å². The molecule has 0 radical (unpaired) electrons. The Balaban J connectivity index is 2.12. The van der Waals surface area contributed by atoms with Crippen molar-refractivity contribution in [2.24, 2.45) is 11.1 Å². The van der Waals surface area contributed by atoms with Gasteiger partial charge in [0.15, 0.2) is 0 Å². The van der Waals surface area contributed by atoms with Crippen molar-refractivity contribution in [1.29, 1.82) is 5.26 Å². The van der Waals surface area contributed by atoms with Crippen LogP contribution in [0.15, 0.2) is 18.2 Å². The van der Waals surface area contributed by atoms with Crippen LogP contribution >= 0.6 is 0 Å². The maximum atomic E-state index is 8.82. The monoisotopic (exact) mass is 260 g/mol. The number of benzene rings is 1. The van der Waals surface area contributed by atoms with Crippen LogP contribution in [0, 0.1) is 16.7 Å². The molecule has 0 aromatic heterocycles. The summed E-state index contributed by atoms with van der Waals surface area (Å²) in [7, 11) is 1.63. The molecule has 1 saturated carbocycles. The summed E-state index contributed by atoms with van der Waals surface area (Å²) in [6, 6.07) is 7.82. The van der Waals surface area contributed by atoms with E-state index in [-0.39, 0.29) is 11.5 Å². The van der Waals surface area contributed by atoms with Gasteiger partial charge in [0.25, 0.3) is 0 Å². The topological polar surface area (TPSA) is 68.3 Å². The molecular formula is C15H20N2O2. The van der Waals surface area contributed by atoms with Crippen LogP contribution in [0.5, 0.6) is 11.5 Å². The summed E-state index contributed by atoms with van der Waals surface area (Å²) in [6.45, 7) is 2.50. The van der Waals surface area contributed by atoms with Gasteiger partial charge < -0.3 is 15.2 Å². The fourth-order valence-electron chi connectivity index (χ4n) is 2.09. The summed E-state index contributed by atoms with van der Waals surface area (Å²) < 4.78 is 11.1. The summed E-state index contributed by atoms with van der Waals surface area (Å²) >= 11 is 0. The number of methoxy groups -OCH3 is 1. The maximum absolute atomic E-state index is 8.82. The van der Waals surface area contributed by atoms with Gasteiger partial charge in [-0.3, -0.25) is 0 Å². The molecule has 2 rings (SSSR count). The molecule has 19 heavy (non-hydrogen) atoms. The molecule has 1 aromatic carbocycles. The first-order valence-electron chi connectivity index (χ1n) is 6.53. The number of nitrogens with zero attached hydrogens (tertiary/aromatic N) is 1. The van der Waals surface area contributed by atoms with Gasteiger partial charge in [0.2, 0.25) is 0 Å². The molecule has 1 aromatic rings. The SMILES string of the molecule is COc1ccc([C@H](C)N)c(OCC2(CC#N)CC2)c1. The molecule has 0 amide bonds. The second-order valence-corrected chi connectivity index (χ2v) is 5.32. The van der Waals surface area contributed by atoms with Gasteiger partial charge in [0.1, 0.15) is 11.5 Å². The number of nitriles is 1. The average molecular weight is 260 g/mol. The molecule has 2 N–H and O–H groups in total. The summed E-state index contributed by atoms with van der Waals surface area (Å²) in [6.07, 6.45) is 2.70. The normalized spacial score (nSPS) is 17.4. The predicted octanol–water partition coefficient (Wildman–Crippen LogP) is 2.79. The van der Waals surface area contributed by atoms with E-state index in [1.165, 1.54) is 0 Å². The van der Waals surface area contributed by atoms with E-state index in [0.717, 1.165) is 29.9 Å². The van der Waals surface area contributed by atoms with Gasteiger partial charge in [-0.25, -0.2) is 0 Å². The van der Waals surface area contributed by atoms with Gasteiger partial charge >= 0.3 is 0 Å². The summed E-state index contributed by atoms with van der Waals surface area (Å²) in [5, 5.41) is 8.82. The Morgan fingerprint density at radius 2 is 2.21 bits per heavy atom. The van der Waals surface area contributed by atoms with Crippen molar-refractivity contribution in [1.82, 2.24) is 0 Å². The maximum Gasteiger partial charge on any atom is 0.127 e. The third-order valence-corrected chi connectivity index (χ3v) is 3.66. The molecule has 0 saturated heterocycles. The second kappa shape index (κ2) is 5.50. The standard InChI is InChI=1S/C15H20N2O2/c1-11(17)13-4-3-12(18-2)9-14(13)19-10-15(5-6-15)7-8-16/h3-4,9,11H,5-7,10,17H2,1-2H3/t11-/m0/s1. The lowest BCUT2D eigenvalue weighted by Crippen LogP contribution is -2.15. The molecule has 1 aliphatic carbocycles. The van der Waals surface area contributed by atoms with Crippen LogP contribution in [0.2, 0.25) is 0 Å². The van der Waals surface area contributed by atoms with Gasteiger partial charge in [-0.1, -0.05) is 6.07 Å². The lowest BCUT2D eigenvalue weighted by molar-refractivity contribution is 0.233. The minimum absolute atomic E-state index is 0.0624. The van der Waals surface area contributed by atoms with E-state index in [1.807, 2.05) is 25.1 Å². The number of nitrogens with two attached hydrogens (primary N) is 1. The van der Waals surface area contributed by atoms with Crippen molar-refractivity contribution >= 4 is 0 Å². The smallest absolute Gasteiger partial charge is 0.127 e. The van der Waals surface area contributed by atoms with Crippen LogP contribution in [0.1, 0.15) is 37.8 Å². The third kappa shape index (κ3) is 3.18. The summed E-state index contributed by atoms with van der Waals surface area (Å²) in [5.74, 6) is 1.52. The lowest BCUT2D eigenvalue weighted by Gasteiger charge is -2.18. The van der Waals surface area contributed by atoms with Crippen LogP contribution < -0.4 is 15.2 Å². The lowest BCUT2D eigenvalue weighted by atomic mass is 10.0. The first-order chi connectivity index (χ1) is 9.10. The minimum atomic E-state index is -0.0907. The van der Waals surface area contributed by atoms with Gasteiger partial charge in [-0.05, 0) is 25.8 Å². The fraction of sp³-hybridized carbons (Fsp3) is 0.533. The van der Waals surface area contributed by atoms with E-state index >= 15 is 0 Å². The second-order valence-electron chi connectivity index (χ2n) is 5.32. The third-order valence-electron chi connectivity index (χ3n) is 3.66. The number of hydrogen-bond acceptors (Lipinski definition) is 4. The Bertz CT molecular complexity index is 487. The van der Waals surface area contributed by atoms with E-state index in [1.54, 1.807) is 7.11 Å². The predicted molar refractivity (Wildman–Crippen MR) is 73.0 cm³/mol. The van der Waals surface area contributed by atoms with Crippen molar-refractivity contribution in [3.05, 3.63) is 23.8 Å². The van der Waals surface area contributed by atoms with E-state index in [9.17, 15) is 0 Å². The number of rotatable bonds is 6. The van der Waals surface area contributed by atoms with Crippen molar-refractivity contribution in [2.45, 2.75) is 32.2 Å². The van der Waals surface area contributed by atoms with Crippen LogP contribution in [-0.4, -0.2) is 13.7 Å². The minimum Gasteiger partial charge on any atom is -0.497 e. The van der Waals surface area contributed by atoms with E-state index in [4.69, 9.17) is 20.5 Å². The largest absolute Gasteiger partial charge is 0.497 e. The number of ether oxygens (including phenoxy) is 2. The van der Waals surface area contributed by atoms with Crippen molar-refractivity contribution in [3.63, 3.8) is 0 Å². The summed E-state index contributed by atoms with van der Waals surface area (Å²) in [5.41, 5.74) is 6.98. The Morgan fingerprint density at radius 3 is 2.74 bits per heavy atom. The average Bonchev–Trinajstić information content (AvgIpc) is 3.16. The molecule has 4 nitrogen and oxygen atoms in total. The molecule has 1 aliphatic rings. The van der Waals surface area contributed by atoms with Gasteiger partial charge in [0.05, 0.1) is 19.8 Å². The Hall–Kier alpha value is -1.73. The van der Waals surface area contributed by atoms with Crippen LogP contribution in [0.25, 0.3) is 0 Å². The van der Waals surface area contributed by atoms with Crippen LogP contribution in [0.3, 0.4) is 0 Å². The highest BCUT2D eigenvalue weighted by atomic mass is 16.5. The Kier molecular flexibility index (Phi) is 3.96. The van der Waals surface area contributed by atoms with Crippen molar-refractivity contribution in [3.8, 4) is 17.6 Å². The zero-order chi connectivity index (χ0) is 13.9. The molecule has 0 heterocycles. The molecular weight excluding hydrogens is 240 g/mol. The summed E-state index contributed by atoms with van der Waals surface area (Å²) in [4.78, 5) is 0. The van der Waals surface area contributed by atoms with E-state index in [0.29, 0.717) is 13.0 Å². The van der Waals surface area contributed by atoms with E-state index in [2.05, 4.69) is 6.07 Å². The molecule has 0 aliphatic heterocycles. The van der Waals surface area contributed by atoms with Crippen molar-refractivity contribution in [2.75, 3.05) is 13.7 Å². The molecule has 102 valence electrons. The van der Waals surface area contributed by atoms with Crippen LogP contribution in [-0.2, 0) is 0 Å².